The number of ether oxygens (including phenoxy) is 1. The monoisotopic (exact) mass is 358 g/mol. The fourth-order valence-corrected chi connectivity index (χ4v) is 2.76. The van der Waals surface area contributed by atoms with Gasteiger partial charge in [0.25, 0.3) is 0 Å². The molecule has 1 unspecified atom stereocenters. The number of nitrogens with one attached hydrogen (secondary N) is 2. The maximum atomic E-state index is 12.1. The first-order valence-corrected chi connectivity index (χ1v) is 9.14. The first kappa shape index (κ1) is 18.9. The standard InChI is InChI=1S/C19H22N2O3S/c1-3-24-17-12-8-7-11-16(17)21-18(22)13-25-14(2)19(23)20-15-9-5-4-6-10-15/h4-12,14H,3,13H2,1-2H3,(H,20,23)(H,21,22). The minimum atomic E-state index is -0.340. The minimum absolute atomic E-state index is 0.126. The van der Waals surface area contributed by atoms with Crippen LogP contribution < -0.4 is 15.4 Å². The van der Waals surface area contributed by atoms with Crippen molar-refractivity contribution in [1.82, 2.24) is 0 Å². The first-order valence-electron chi connectivity index (χ1n) is 8.09. The summed E-state index contributed by atoms with van der Waals surface area (Å²) in [6.45, 7) is 4.20. The van der Waals surface area contributed by atoms with Crippen LogP contribution in [0.1, 0.15) is 13.8 Å². The molecular weight excluding hydrogens is 336 g/mol. The largest absolute Gasteiger partial charge is 0.492 e. The zero-order chi connectivity index (χ0) is 18.1. The molecule has 2 N–H and O–H groups in total. The Hall–Kier alpha value is -2.47. The minimum Gasteiger partial charge on any atom is -0.492 e. The quantitative estimate of drug-likeness (QED) is 0.753. The predicted octanol–water partition coefficient (Wildman–Crippen LogP) is 3.78. The summed E-state index contributed by atoms with van der Waals surface area (Å²) < 4.78 is 5.48. The molecule has 0 aliphatic rings. The second-order valence-corrected chi connectivity index (χ2v) is 6.61. The van der Waals surface area contributed by atoms with E-state index >= 15 is 0 Å². The molecule has 5 nitrogen and oxygen atoms in total. The number of carbonyl (C=O) groups is 2. The molecule has 2 rings (SSSR count). The average molecular weight is 358 g/mol. The van der Waals surface area contributed by atoms with E-state index in [0.717, 1.165) is 5.69 Å². The number of rotatable bonds is 8. The summed E-state index contributed by atoms with van der Waals surface area (Å²) in [7, 11) is 0. The number of anilines is 2. The van der Waals surface area contributed by atoms with E-state index in [-0.39, 0.29) is 22.8 Å². The lowest BCUT2D eigenvalue weighted by atomic mass is 10.3. The van der Waals surface area contributed by atoms with Crippen molar-refractivity contribution >= 4 is 35.0 Å². The summed E-state index contributed by atoms with van der Waals surface area (Å²) in [5.74, 6) is 0.526. The maximum absolute atomic E-state index is 12.1. The molecule has 0 radical (unpaired) electrons. The molecule has 2 aromatic rings. The molecule has 6 heteroatoms. The van der Waals surface area contributed by atoms with Crippen molar-refractivity contribution in [3.63, 3.8) is 0 Å². The van der Waals surface area contributed by atoms with Crippen LogP contribution in [0.5, 0.6) is 5.75 Å². The van der Waals surface area contributed by atoms with Crippen LogP contribution in [0.3, 0.4) is 0 Å². The van der Waals surface area contributed by atoms with Crippen molar-refractivity contribution in [3.8, 4) is 5.75 Å². The van der Waals surface area contributed by atoms with Crippen molar-refractivity contribution in [2.75, 3.05) is 23.0 Å². The van der Waals surface area contributed by atoms with E-state index in [0.29, 0.717) is 18.0 Å². The summed E-state index contributed by atoms with van der Waals surface area (Å²) in [5.41, 5.74) is 1.38. The van der Waals surface area contributed by atoms with Gasteiger partial charge in [0.05, 0.1) is 23.3 Å². The van der Waals surface area contributed by atoms with Gasteiger partial charge >= 0.3 is 0 Å². The molecule has 132 valence electrons. The molecule has 2 amide bonds. The fraction of sp³-hybridized carbons (Fsp3) is 0.263. The molecule has 0 bridgehead atoms. The Morgan fingerprint density at radius 1 is 1.04 bits per heavy atom. The van der Waals surface area contributed by atoms with E-state index in [2.05, 4.69) is 10.6 Å². The van der Waals surface area contributed by atoms with Crippen LogP contribution in [0.2, 0.25) is 0 Å². The van der Waals surface area contributed by atoms with E-state index in [1.807, 2.05) is 55.5 Å². The lowest BCUT2D eigenvalue weighted by Gasteiger charge is -2.13. The number of amides is 2. The van der Waals surface area contributed by atoms with Crippen molar-refractivity contribution in [2.45, 2.75) is 19.1 Å². The van der Waals surface area contributed by atoms with Gasteiger partial charge < -0.3 is 15.4 Å². The summed E-state index contributed by atoms with van der Waals surface area (Å²) in [4.78, 5) is 24.3. The molecule has 0 fully saturated rings. The van der Waals surface area contributed by atoms with Gasteiger partial charge in [0, 0.05) is 5.69 Å². The van der Waals surface area contributed by atoms with E-state index in [9.17, 15) is 9.59 Å². The highest BCUT2D eigenvalue weighted by Gasteiger charge is 2.16. The lowest BCUT2D eigenvalue weighted by Crippen LogP contribution is -2.25. The van der Waals surface area contributed by atoms with Crippen LogP contribution in [0.25, 0.3) is 0 Å². The number of hydrogen-bond donors (Lipinski definition) is 2. The van der Waals surface area contributed by atoms with Crippen LogP contribution in [0.4, 0.5) is 11.4 Å². The lowest BCUT2D eigenvalue weighted by molar-refractivity contribution is -0.115. The highest BCUT2D eigenvalue weighted by atomic mass is 32.2. The molecular formula is C19H22N2O3S. The Morgan fingerprint density at radius 2 is 1.72 bits per heavy atom. The molecule has 0 spiro atoms. The SMILES string of the molecule is CCOc1ccccc1NC(=O)CSC(C)C(=O)Nc1ccccc1. The molecule has 25 heavy (non-hydrogen) atoms. The number of carbonyl (C=O) groups excluding carboxylic acids is 2. The molecule has 0 saturated heterocycles. The average Bonchev–Trinajstić information content (AvgIpc) is 2.62. The molecule has 0 aliphatic heterocycles. The second kappa shape index (κ2) is 9.74. The van der Waals surface area contributed by atoms with Crippen LogP contribution in [-0.2, 0) is 9.59 Å². The normalized spacial score (nSPS) is 11.4. The van der Waals surface area contributed by atoms with Gasteiger partial charge in [-0.25, -0.2) is 0 Å². The van der Waals surface area contributed by atoms with Gasteiger partial charge in [0.15, 0.2) is 0 Å². The van der Waals surface area contributed by atoms with E-state index in [4.69, 9.17) is 4.74 Å². The first-order chi connectivity index (χ1) is 12.1. The van der Waals surface area contributed by atoms with E-state index in [1.54, 1.807) is 13.0 Å². The Labute approximate surface area is 152 Å². The van der Waals surface area contributed by atoms with Crippen LogP contribution >= 0.6 is 11.8 Å². The van der Waals surface area contributed by atoms with Crippen LogP contribution in [0, 0.1) is 0 Å². The van der Waals surface area contributed by atoms with Gasteiger partial charge in [-0.15, -0.1) is 11.8 Å². The molecule has 0 aliphatic carbocycles. The van der Waals surface area contributed by atoms with Crippen molar-refractivity contribution < 1.29 is 14.3 Å². The van der Waals surface area contributed by atoms with Gasteiger partial charge in [0.1, 0.15) is 5.75 Å². The van der Waals surface area contributed by atoms with Crippen molar-refractivity contribution in [3.05, 3.63) is 54.6 Å². The molecule has 1 atom stereocenters. The topological polar surface area (TPSA) is 67.4 Å². The third-order valence-corrected chi connectivity index (χ3v) is 4.48. The zero-order valence-electron chi connectivity index (χ0n) is 14.3. The number of hydrogen-bond acceptors (Lipinski definition) is 4. The summed E-state index contributed by atoms with van der Waals surface area (Å²) in [6, 6.07) is 16.5. The smallest absolute Gasteiger partial charge is 0.237 e. The Bertz CT molecular complexity index is 707. The van der Waals surface area contributed by atoms with E-state index in [1.165, 1.54) is 11.8 Å². The molecule has 0 heterocycles. The summed E-state index contributed by atoms with van der Waals surface area (Å²) >= 11 is 1.29. The molecule has 2 aromatic carbocycles. The van der Waals surface area contributed by atoms with Gasteiger partial charge in [-0.05, 0) is 38.1 Å². The summed E-state index contributed by atoms with van der Waals surface area (Å²) in [5, 5.41) is 5.31. The molecule has 0 saturated carbocycles. The van der Waals surface area contributed by atoms with Gasteiger partial charge in [-0.2, -0.15) is 0 Å². The number of benzene rings is 2. The van der Waals surface area contributed by atoms with Gasteiger partial charge in [-0.3, -0.25) is 9.59 Å². The third-order valence-electron chi connectivity index (χ3n) is 3.34. The molecule has 0 aromatic heterocycles. The Balaban J connectivity index is 1.82. The summed E-state index contributed by atoms with van der Waals surface area (Å²) in [6.07, 6.45) is 0. The number of thioether (sulfide) groups is 1. The Morgan fingerprint density at radius 3 is 2.44 bits per heavy atom. The van der Waals surface area contributed by atoms with Crippen molar-refractivity contribution in [2.24, 2.45) is 0 Å². The highest BCUT2D eigenvalue weighted by Crippen LogP contribution is 2.24. The number of para-hydroxylation sites is 3. The third kappa shape index (κ3) is 6.15. The van der Waals surface area contributed by atoms with Gasteiger partial charge in [0.2, 0.25) is 11.8 Å². The zero-order valence-corrected chi connectivity index (χ0v) is 15.1. The van der Waals surface area contributed by atoms with Crippen LogP contribution in [0.15, 0.2) is 54.6 Å². The van der Waals surface area contributed by atoms with Gasteiger partial charge in [-0.1, -0.05) is 30.3 Å². The van der Waals surface area contributed by atoms with Crippen LogP contribution in [-0.4, -0.2) is 29.4 Å². The van der Waals surface area contributed by atoms with Crippen molar-refractivity contribution in [1.29, 1.82) is 0 Å². The van der Waals surface area contributed by atoms with E-state index < -0.39 is 0 Å². The second-order valence-electron chi connectivity index (χ2n) is 5.29. The fourth-order valence-electron chi connectivity index (χ4n) is 2.08. The Kier molecular flexibility index (Phi) is 7.35. The maximum Gasteiger partial charge on any atom is 0.237 e. The highest BCUT2D eigenvalue weighted by molar-refractivity contribution is 8.01. The predicted molar refractivity (Wildman–Crippen MR) is 103 cm³/mol.